The zero-order valence-corrected chi connectivity index (χ0v) is 22.1. The maximum absolute atomic E-state index is 2.77. The van der Waals surface area contributed by atoms with Crippen LogP contribution in [0.4, 0.5) is 0 Å². The minimum absolute atomic E-state index is 1.02. The number of unbranched alkanes of at least 4 members (excludes halogenated alkanes) is 20. The molecule has 0 aliphatic carbocycles. The van der Waals surface area contributed by atoms with Gasteiger partial charge in [0.15, 0.2) is 0 Å². The standard InChI is InChI=1S/C30H61N/c1-3-5-7-9-11-13-15-17-19-21-23-25-30-26-28-31(29-30)27-24-22-20-18-16-14-12-10-8-6-4-2/h30H,3-29H2,1-2H3. The predicted molar refractivity (Wildman–Crippen MR) is 142 cm³/mol. The quantitative estimate of drug-likeness (QED) is 0.136. The fraction of sp³-hybridized carbons (Fsp3) is 1.00. The Hall–Kier alpha value is -0.0400. The van der Waals surface area contributed by atoms with E-state index in [1.54, 1.807) is 0 Å². The van der Waals surface area contributed by atoms with Gasteiger partial charge in [-0.3, -0.25) is 0 Å². The van der Waals surface area contributed by atoms with Crippen LogP contribution < -0.4 is 0 Å². The van der Waals surface area contributed by atoms with Crippen LogP contribution in [-0.4, -0.2) is 24.5 Å². The summed E-state index contributed by atoms with van der Waals surface area (Å²) in [7, 11) is 0. The maximum atomic E-state index is 2.77. The fourth-order valence-electron chi connectivity index (χ4n) is 5.45. The lowest BCUT2D eigenvalue weighted by atomic mass is 9.99. The second-order valence-corrected chi connectivity index (χ2v) is 10.8. The molecule has 1 heterocycles. The van der Waals surface area contributed by atoms with Crippen LogP contribution in [0, 0.1) is 5.92 Å². The largest absolute Gasteiger partial charge is 0.303 e. The van der Waals surface area contributed by atoms with E-state index in [1.165, 1.54) is 174 Å². The van der Waals surface area contributed by atoms with Gasteiger partial charge in [0.25, 0.3) is 0 Å². The van der Waals surface area contributed by atoms with Gasteiger partial charge in [-0.25, -0.2) is 0 Å². The molecule has 1 heteroatoms. The minimum Gasteiger partial charge on any atom is -0.303 e. The van der Waals surface area contributed by atoms with E-state index < -0.39 is 0 Å². The Morgan fingerprint density at radius 3 is 1.32 bits per heavy atom. The van der Waals surface area contributed by atoms with Crippen LogP contribution in [0.1, 0.15) is 168 Å². The lowest BCUT2D eigenvalue weighted by Crippen LogP contribution is -2.21. The molecule has 1 aliphatic heterocycles. The molecule has 0 N–H and O–H groups in total. The summed E-state index contributed by atoms with van der Waals surface area (Å²) in [5.74, 6) is 1.02. The predicted octanol–water partition coefficient (Wildman–Crippen LogP) is 10.3. The third kappa shape index (κ3) is 19.2. The second kappa shape index (κ2) is 23.1. The van der Waals surface area contributed by atoms with Crippen LogP contribution in [0.15, 0.2) is 0 Å². The van der Waals surface area contributed by atoms with E-state index in [0.717, 1.165) is 5.92 Å². The zero-order chi connectivity index (χ0) is 22.2. The number of hydrogen-bond acceptors (Lipinski definition) is 1. The molecule has 0 aromatic heterocycles. The molecule has 1 nitrogen and oxygen atoms in total. The molecule has 0 aromatic rings. The van der Waals surface area contributed by atoms with Crippen LogP contribution in [0.25, 0.3) is 0 Å². The van der Waals surface area contributed by atoms with Crippen molar-refractivity contribution in [2.24, 2.45) is 5.92 Å². The van der Waals surface area contributed by atoms with E-state index in [-0.39, 0.29) is 0 Å². The van der Waals surface area contributed by atoms with Crippen molar-refractivity contribution in [2.75, 3.05) is 19.6 Å². The Kier molecular flexibility index (Phi) is 21.6. The summed E-state index contributed by atoms with van der Waals surface area (Å²) in [5, 5.41) is 0. The molecular formula is C30H61N. The van der Waals surface area contributed by atoms with E-state index in [0.29, 0.717) is 0 Å². The Labute approximate surface area is 198 Å². The zero-order valence-electron chi connectivity index (χ0n) is 22.1. The first-order chi connectivity index (χ1) is 15.4. The summed E-state index contributed by atoms with van der Waals surface area (Å²) in [6, 6.07) is 0. The highest BCUT2D eigenvalue weighted by Gasteiger charge is 2.21. The molecule has 0 radical (unpaired) electrons. The minimum atomic E-state index is 1.02. The number of hydrogen-bond donors (Lipinski definition) is 0. The lowest BCUT2D eigenvalue weighted by molar-refractivity contribution is 0.309. The highest BCUT2D eigenvalue weighted by molar-refractivity contribution is 4.75. The first-order valence-electron chi connectivity index (χ1n) is 15.1. The monoisotopic (exact) mass is 435 g/mol. The third-order valence-electron chi connectivity index (χ3n) is 7.66. The van der Waals surface area contributed by atoms with Crippen molar-refractivity contribution >= 4 is 0 Å². The average molecular weight is 436 g/mol. The number of likely N-dealkylation sites (tertiary alicyclic amines) is 1. The van der Waals surface area contributed by atoms with E-state index >= 15 is 0 Å². The maximum Gasteiger partial charge on any atom is 0.00101 e. The van der Waals surface area contributed by atoms with Crippen LogP contribution in [-0.2, 0) is 0 Å². The molecule has 31 heavy (non-hydrogen) atoms. The molecule has 0 aromatic carbocycles. The van der Waals surface area contributed by atoms with E-state index in [4.69, 9.17) is 0 Å². The van der Waals surface area contributed by atoms with Crippen molar-refractivity contribution in [3.05, 3.63) is 0 Å². The van der Waals surface area contributed by atoms with Gasteiger partial charge in [-0.15, -0.1) is 0 Å². The summed E-state index contributed by atoms with van der Waals surface area (Å²) >= 11 is 0. The van der Waals surface area contributed by atoms with Crippen molar-refractivity contribution in [3.63, 3.8) is 0 Å². The molecule has 1 unspecified atom stereocenters. The highest BCUT2D eigenvalue weighted by Crippen LogP contribution is 2.23. The van der Waals surface area contributed by atoms with Gasteiger partial charge in [0.1, 0.15) is 0 Å². The van der Waals surface area contributed by atoms with Gasteiger partial charge in [-0.05, 0) is 38.3 Å². The highest BCUT2D eigenvalue weighted by atomic mass is 15.1. The molecule has 1 rings (SSSR count). The van der Waals surface area contributed by atoms with E-state index in [2.05, 4.69) is 18.7 Å². The average Bonchev–Trinajstić information content (AvgIpc) is 3.23. The SMILES string of the molecule is CCCCCCCCCCCCCC1CCN(CCCCCCCCCCCCC)C1. The van der Waals surface area contributed by atoms with E-state index in [1.807, 2.05) is 0 Å². The topological polar surface area (TPSA) is 3.24 Å². The summed E-state index contributed by atoms with van der Waals surface area (Å²) < 4.78 is 0. The normalized spacial score (nSPS) is 17.0. The molecular weight excluding hydrogens is 374 g/mol. The smallest absolute Gasteiger partial charge is 0.00101 e. The van der Waals surface area contributed by atoms with Crippen molar-refractivity contribution < 1.29 is 0 Å². The second-order valence-electron chi connectivity index (χ2n) is 10.8. The molecule has 1 fully saturated rings. The summed E-state index contributed by atoms with van der Waals surface area (Å²) in [6.45, 7) is 8.80. The molecule has 0 bridgehead atoms. The molecule has 1 saturated heterocycles. The number of rotatable bonds is 24. The fourth-order valence-corrected chi connectivity index (χ4v) is 5.45. The van der Waals surface area contributed by atoms with Crippen LogP contribution >= 0.6 is 0 Å². The molecule has 0 amide bonds. The van der Waals surface area contributed by atoms with Gasteiger partial charge in [-0.1, -0.05) is 149 Å². The van der Waals surface area contributed by atoms with Crippen LogP contribution in [0.3, 0.4) is 0 Å². The third-order valence-corrected chi connectivity index (χ3v) is 7.66. The van der Waals surface area contributed by atoms with Crippen LogP contribution in [0.2, 0.25) is 0 Å². The van der Waals surface area contributed by atoms with Crippen molar-refractivity contribution in [1.29, 1.82) is 0 Å². The lowest BCUT2D eigenvalue weighted by Gasteiger charge is -2.16. The molecule has 186 valence electrons. The van der Waals surface area contributed by atoms with Gasteiger partial charge in [0.05, 0.1) is 0 Å². The van der Waals surface area contributed by atoms with Gasteiger partial charge in [-0.2, -0.15) is 0 Å². The molecule has 0 spiro atoms. The number of nitrogens with zero attached hydrogens (tertiary/aromatic N) is 1. The van der Waals surface area contributed by atoms with Gasteiger partial charge in [0, 0.05) is 6.54 Å². The Balaban J connectivity index is 1.78. The molecule has 1 atom stereocenters. The van der Waals surface area contributed by atoms with Crippen molar-refractivity contribution in [2.45, 2.75) is 168 Å². The summed E-state index contributed by atoms with van der Waals surface area (Å²) in [5.41, 5.74) is 0. The van der Waals surface area contributed by atoms with Gasteiger partial charge in [0.2, 0.25) is 0 Å². The van der Waals surface area contributed by atoms with Crippen molar-refractivity contribution in [1.82, 2.24) is 4.90 Å². The first kappa shape index (κ1) is 29.0. The summed E-state index contributed by atoms with van der Waals surface area (Å²) in [6.07, 6.45) is 35.2. The van der Waals surface area contributed by atoms with Gasteiger partial charge < -0.3 is 4.90 Å². The van der Waals surface area contributed by atoms with E-state index in [9.17, 15) is 0 Å². The first-order valence-corrected chi connectivity index (χ1v) is 15.1. The Morgan fingerprint density at radius 1 is 0.484 bits per heavy atom. The van der Waals surface area contributed by atoms with Gasteiger partial charge >= 0.3 is 0 Å². The van der Waals surface area contributed by atoms with Crippen LogP contribution in [0.5, 0.6) is 0 Å². The summed E-state index contributed by atoms with van der Waals surface area (Å²) in [4.78, 5) is 2.77. The molecule has 1 aliphatic rings. The Bertz CT molecular complexity index is 307. The van der Waals surface area contributed by atoms with Crippen molar-refractivity contribution in [3.8, 4) is 0 Å². The Morgan fingerprint density at radius 2 is 0.871 bits per heavy atom. The molecule has 0 saturated carbocycles.